The largest absolute Gasteiger partial charge is 0.444 e. The maximum atomic E-state index is 12.3. The van der Waals surface area contributed by atoms with E-state index < -0.39 is 0 Å². The molecule has 0 spiro atoms. The van der Waals surface area contributed by atoms with Crippen LogP contribution in [0.25, 0.3) is 11.5 Å². The van der Waals surface area contributed by atoms with Crippen molar-refractivity contribution in [3.05, 3.63) is 42.3 Å². The fourth-order valence-electron chi connectivity index (χ4n) is 3.32. The van der Waals surface area contributed by atoms with Gasteiger partial charge in [-0.3, -0.25) is 4.79 Å². The van der Waals surface area contributed by atoms with E-state index in [0.29, 0.717) is 11.6 Å². The normalized spacial score (nSPS) is 21.2. The molecule has 1 amide bonds. The average molecular weight is 328 g/mol. The van der Waals surface area contributed by atoms with Gasteiger partial charge < -0.3 is 14.8 Å². The van der Waals surface area contributed by atoms with Crippen LogP contribution < -0.4 is 5.32 Å². The second kappa shape index (κ2) is 8.11. The minimum atomic E-state index is -0.0618. The molecule has 128 valence electrons. The lowest BCUT2D eigenvalue weighted by Gasteiger charge is -2.24. The Morgan fingerprint density at radius 3 is 2.79 bits per heavy atom. The highest BCUT2D eigenvalue weighted by molar-refractivity contribution is 5.78. The van der Waals surface area contributed by atoms with Crippen molar-refractivity contribution >= 4 is 5.91 Å². The van der Waals surface area contributed by atoms with Crippen molar-refractivity contribution in [1.29, 1.82) is 0 Å². The molecule has 1 aliphatic carbocycles. The van der Waals surface area contributed by atoms with Crippen LogP contribution in [0, 0.1) is 5.92 Å². The van der Waals surface area contributed by atoms with Gasteiger partial charge in [-0.1, -0.05) is 37.5 Å². The van der Waals surface area contributed by atoms with E-state index in [1.54, 1.807) is 6.26 Å². The summed E-state index contributed by atoms with van der Waals surface area (Å²) in [5.74, 6) is 0.628. The summed E-state index contributed by atoms with van der Waals surface area (Å²) in [6.45, 7) is 0.132. The van der Waals surface area contributed by atoms with Crippen LogP contribution >= 0.6 is 0 Å². The SMILES string of the molecule is O=C(Cc1coc(-c2ccccc2)n1)NC1CCCCCC1CO. The molecule has 2 unspecified atom stereocenters. The summed E-state index contributed by atoms with van der Waals surface area (Å²) in [5, 5.41) is 12.6. The quantitative estimate of drug-likeness (QED) is 0.828. The van der Waals surface area contributed by atoms with Gasteiger partial charge in [-0.25, -0.2) is 4.98 Å². The standard InChI is InChI=1S/C19H24N2O3/c22-12-15-9-5-2-6-10-17(15)21-18(23)11-16-13-24-19(20-16)14-7-3-1-4-8-14/h1,3-4,7-8,13,15,17,22H,2,5-6,9-12H2,(H,21,23). The molecule has 3 rings (SSSR count). The van der Waals surface area contributed by atoms with E-state index in [-0.39, 0.29) is 30.9 Å². The Hall–Kier alpha value is -2.14. The minimum Gasteiger partial charge on any atom is -0.444 e. The lowest BCUT2D eigenvalue weighted by atomic mass is 9.95. The molecule has 1 saturated carbocycles. The second-order valence-electron chi connectivity index (χ2n) is 6.44. The van der Waals surface area contributed by atoms with Gasteiger partial charge in [-0.05, 0) is 25.0 Å². The van der Waals surface area contributed by atoms with Crippen molar-refractivity contribution in [2.75, 3.05) is 6.61 Å². The highest BCUT2D eigenvalue weighted by atomic mass is 16.3. The number of hydrogen-bond acceptors (Lipinski definition) is 4. The van der Waals surface area contributed by atoms with Crippen LogP contribution in [0.2, 0.25) is 0 Å². The van der Waals surface area contributed by atoms with Crippen LogP contribution in [0.5, 0.6) is 0 Å². The van der Waals surface area contributed by atoms with Crippen LogP contribution in [0.15, 0.2) is 41.0 Å². The van der Waals surface area contributed by atoms with Crippen LogP contribution in [-0.4, -0.2) is 28.6 Å². The zero-order valence-corrected chi connectivity index (χ0v) is 13.8. The molecule has 1 aromatic heterocycles. The first-order valence-electron chi connectivity index (χ1n) is 8.66. The Morgan fingerprint density at radius 1 is 1.21 bits per heavy atom. The van der Waals surface area contributed by atoms with Gasteiger partial charge in [0.1, 0.15) is 6.26 Å². The van der Waals surface area contributed by atoms with Crippen LogP contribution in [0.1, 0.15) is 37.8 Å². The third-order valence-corrected chi connectivity index (χ3v) is 4.65. The number of nitrogens with one attached hydrogen (secondary N) is 1. The molecular formula is C19H24N2O3. The summed E-state index contributed by atoms with van der Waals surface area (Å²) in [4.78, 5) is 16.7. The van der Waals surface area contributed by atoms with Crippen LogP contribution in [0.3, 0.4) is 0 Å². The van der Waals surface area contributed by atoms with E-state index in [4.69, 9.17) is 4.42 Å². The highest BCUT2D eigenvalue weighted by Gasteiger charge is 2.24. The molecule has 1 heterocycles. The van der Waals surface area contributed by atoms with Gasteiger partial charge in [-0.15, -0.1) is 0 Å². The lowest BCUT2D eigenvalue weighted by molar-refractivity contribution is -0.121. The molecule has 1 aliphatic rings. The molecule has 1 fully saturated rings. The topological polar surface area (TPSA) is 75.4 Å². The summed E-state index contributed by atoms with van der Waals surface area (Å²) in [7, 11) is 0. The molecule has 5 nitrogen and oxygen atoms in total. The molecule has 24 heavy (non-hydrogen) atoms. The van der Waals surface area contributed by atoms with Crippen molar-refractivity contribution in [3.8, 4) is 11.5 Å². The molecule has 0 radical (unpaired) electrons. The third-order valence-electron chi connectivity index (χ3n) is 4.65. The zero-order valence-electron chi connectivity index (χ0n) is 13.8. The van der Waals surface area contributed by atoms with Crippen molar-refractivity contribution < 1.29 is 14.3 Å². The number of rotatable bonds is 5. The summed E-state index contributed by atoms with van der Waals surface area (Å²) in [5.41, 5.74) is 1.52. The molecule has 2 N–H and O–H groups in total. The van der Waals surface area contributed by atoms with Gasteiger partial charge in [0.25, 0.3) is 0 Å². The van der Waals surface area contributed by atoms with Crippen molar-refractivity contribution in [1.82, 2.24) is 10.3 Å². The van der Waals surface area contributed by atoms with Gasteiger partial charge >= 0.3 is 0 Å². The lowest BCUT2D eigenvalue weighted by Crippen LogP contribution is -2.41. The molecule has 0 saturated heterocycles. The first kappa shape index (κ1) is 16.7. The first-order chi connectivity index (χ1) is 11.8. The summed E-state index contributed by atoms with van der Waals surface area (Å²) in [6, 6.07) is 9.69. The minimum absolute atomic E-state index is 0.0606. The number of oxazole rings is 1. The highest BCUT2D eigenvalue weighted by Crippen LogP contribution is 2.23. The number of carbonyl (C=O) groups excluding carboxylic acids is 1. The van der Waals surface area contributed by atoms with E-state index in [2.05, 4.69) is 10.3 Å². The average Bonchev–Trinajstić information content (AvgIpc) is 2.95. The van der Waals surface area contributed by atoms with Gasteiger partial charge in [-0.2, -0.15) is 0 Å². The van der Waals surface area contributed by atoms with Gasteiger partial charge in [0, 0.05) is 24.1 Å². The maximum absolute atomic E-state index is 12.3. The predicted octanol–water partition coefficient (Wildman–Crippen LogP) is 2.94. The van der Waals surface area contributed by atoms with Gasteiger partial charge in [0.05, 0.1) is 12.1 Å². The smallest absolute Gasteiger partial charge is 0.226 e. The van der Waals surface area contributed by atoms with Crippen LogP contribution in [-0.2, 0) is 11.2 Å². The van der Waals surface area contributed by atoms with E-state index >= 15 is 0 Å². The van der Waals surface area contributed by atoms with E-state index in [1.165, 1.54) is 6.42 Å². The molecule has 0 aliphatic heterocycles. The fourth-order valence-corrected chi connectivity index (χ4v) is 3.32. The van der Waals surface area contributed by atoms with E-state index in [9.17, 15) is 9.90 Å². The Kier molecular flexibility index (Phi) is 5.64. The maximum Gasteiger partial charge on any atom is 0.226 e. The number of nitrogens with zero attached hydrogens (tertiary/aromatic N) is 1. The molecule has 1 aromatic carbocycles. The molecule has 2 atom stereocenters. The number of benzene rings is 1. The Bertz CT molecular complexity index is 654. The Balaban J connectivity index is 1.59. The summed E-state index contributed by atoms with van der Waals surface area (Å²) < 4.78 is 5.47. The summed E-state index contributed by atoms with van der Waals surface area (Å²) in [6.07, 6.45) is 7.05. The van der Waals surface area contributed by atoms with E-state index in [1.807, 2.05) is 30.3 Å². The number of carbonyl (C=O) groups is 1. The second-order valence-corrected chi connectivity index (χ2v) is 6.44. The van der Waals surface area contributed by atoms with Crippen LogP contribution in [0.4, 0.5) is 0 Å². The predicted molar refractivity (Wildman–Crippen MR) is 91.2 cm³/mol. The number of aliphatic hydroxyl groups excluding tert-OH is 1. The zero-order chi connectivity index (χ0) is 16.8. The molecule has 0 bridgehead atoms. The van der Waals surface area contributed by atoms with Gasteiger partial charge in [0.2, 0.25) is 11.8 Å². The van der Waals surface area contributed by atoms with E-state index in [0.717, 1.165) is 31.2 Å². The van der Waals surface area contributed by atoms with Gasteiger partial charge in [0.15, 0.2) is 0 Å². The summed E-state index contributed by atoms with van der Waals surface area (Å²) >= 11 is 0. The number of amides is 1. The Labute approximate surface area is 142 Å². The fraction of sp³-hybridized carbons (Fsp3) is 0.474. The monoisotopic (exact) mass is 328 g/mol. The number of hydrogen-bond donors (Lipinski definition) is 2. The van der Waals surface area contributed by atoms with Crippen molar-refractivity contribution in [2.24, 2.45) is 5.92 Å². The third kappa shape index (κ3) is 4.23. The first-order valence-corrected chi connectivity index (χ1v) is 8.66. The molecule has 2 aromatic rings. The number of aromatic nitrogens is 1. The number of aliphatic hydroxyl groups is 1. The van der Waals surface area contributed by atoms with Crippen molar-refractivity contribution in [2.45, 2.75) is 44.6 Å². The molecular weight excluding hydrogens is 304 g/mol. The molecule has 5 heteroatoms. The van der Waals surface area contributed by atoms with Crippen molar-refractivity contribution in [3.63, 3.8) is 0 Å². The Morgan fingerprint density at radius 2 is 2.00 bits per heavy atom.